The molecule has 0 radical (unpaired) electrons. The first-order valence-corrected chi connectivity index (χ1v) is 5.66. The van der Waals surface area contributed by atoms with Gasteiger partial charge in [-0.3, -0.25) is 4.79 Å². The summed E-state index contributed by atoms with van der Waals surface area (Å²) in [6.45, 7) is 5.32. The van der Waals surface area contributed by atoms with Gasteiger partial charge in [0.2, 0.25) is 5.91 Å². The van der Waals surface area contributed by atoms with E-state index in [2.05, 4.69) is 10.5 Å². The minimum atomic E-state index is 0.136. The maximum Gasteiger partial charge on any atom is 0.228 e. The van der Waals surface area contributed by atoms with Gasteiger partial charge in [0.15, 0.2) is 0 Å². The van der Waals surface area contributed by atoms with Gasteiger partial charge in [-0.15, -0.1) is 0 Å². The summed E-state index contributed by atoms with van der Waals surface area (Å²) in [5, 5.41) is 7.11. The summed E-state index contributed by atoms with van der Waals surface area (Å²) < 4.78 is 4.94. The normalized spacial score (nSPS) is 17.2. The zero-order valence-electron chi connectivity index (χ0n) is 9.53. The molecule has 2 heterocycles. The molecule has 1 amide bonds. The standard InChI is InChI=1S/C11H17N3O2/c1-9-7-10(13-16-9)8-11(15)14-5-2-3-12-4-6-14/h7,12H,2-6,8H2,1H3. The Hall–Kier alpha value is -1.36. The van der Waals surface area contributed by atoms with E-state index < -0.39 is 0 Å². The molecular formula is C11H17N3O2. The number of hydrogen-bond acceptors (Lipinski definition) is 4. The zero-order chi connectivity index (χ0) is 11.4. The van der Waals surface area contributed by atoms with E-state index in [1.54, 1.807) is 0 Å². The number of rotatable bonds is 2. The third-order valence-corrected chi connectivity index (χ3v) is 2.70. The average Bonchev–Trinajstić information content (AvgIpc) is 2.56. The van der Waals surface area contributed by atoms with Crippen LogP contribution in [0.25, 0.3) is 0 Å². The van der Waals surface area contributed by atoms with Crippen molar-refractivity contribution in [2.24, 2.45) is 0 Å². The minimum Gasteiger partial charge on any atom is -0.361 e. The van der Waals surface area contributed by atoms with Gasteiger partial charge in [-0.25, -0.2) is 0 Å². The van der Waals surface area contributed by atoms with Crippen LogP contribution in [0, 0.1) is 6.92 Å². The molecule has 1 aromatic rings. The number of carbonyl (C=O) groups is 1. The number of nitrogens with one attached hydrogen (secondary N) is 1. The summed E-state index contributed by atoms with van der Waals surface area (Å²) in [6.07, 6.45) is 1.36. The zero-order valence-corrected chi connectivity index (χ0v) is 9.53. The Bertz CT molecular complexity index is 354. The van der Waals surface area contributed by atoms with Crippen LogP contribution >= 0.6 is 0 Å². The molecule has 1 fully saturated rings. The van der Waals surface area contributed by atoms with Gasteiger partial charge in [0.05, 0.1) is 12.1 Å². The van der Waals surface area contributed by atoms with Crippen molar-refractivity contribution in [3.05, 3.63) is 17.5 Å². The molecule has 16 heavy (non-hydrogen) atoms. The molecule has 0 atom stereocenters. The van der Waals surface area contributed by atoms with Crippen molar-refractivity contribution in [1.29, 1.82) is 0 Å². The first kappa shape index (κ1) is 11.1. The lowest BCUT2D eigenvalue weighted by Crippen LogP contribution is -2.35. The van der Waals surface area contributed by atoms with Gasteiger partial charge in [0.1, 0.15) is 5.76 Å². The molecular weight excluding hydrogens is 206 g/mol. The molecule has 2 rings (SSSR count). The second kappa shape index (κ2) is 5.12. The van der Waals surface area contributed by atoms with Crippen LogP contribution in [0.5, 0.6) is 0 Å². The Kier molecular flexibility index (Phi) is 3.56. The number of aromatic nitrogens is 1. The number of aryl methyl sites for hydroxylation is 1. The molecule has 1 aliphatic rings. The molecule has 0 saturated carbocycles. The van der Waals surface area contributed by atoms with E-state index in [1.165, 1.54) is 0 Å². The molecule has 0 spiro atoms. The molecule has 0 bridgehead atoms. The predicted octanol–water partition coefficient (Wildman–Crippen LogP) is 0.347. The van der Waals surface area contributed by atoms with Gasteiger partial charge in [-0.2, -0.15) is 0 Å². The molecule has 1 aliphatic heterocycles. The number of nitrogens with zero attached hydrogens (tertiary/aromatic N) is 2. The van der Waals surface area contributed by atoms with Gasteiger partial charge in [0.25, 0.3) is 0 Å². The Morgan fingerprint density at radius 3 is 3.19 bits per heavy atom. The Morgan fingerprint density at radius 1 is 1.56 bits per heavy atom. The lowest BCUT2D eigenvalue weighted by Gasteiger charge is -2.19. The quantitative estimate of drug-likeness (QED) is 0.786. The van der Waals surface area contributed by atoms with Crippen molar-refractivity contribution in [1.82, 2.24) is 15.4 Å². The second-order valence-electron chi connectivity index (χ2n) is 4.09. The predicted molar refractivity (Wildman–Crippen MR) is 59.0 cm³/mol. The third-order valence-electron chi connectivity index (χ3n) is 2.70. The molecule has 5 heteroatoms. The van der Waals surface area contributed by atoms with E-state index in [1.807, 2.05) is 17.9 Å². The molecule has 0 aromatic carbocycles. The van der Waals surface area contributed by atoms with E-state index >= 15 is 0 Å². The highest BCUT2D eigenvalue weighted by molar-refractivity contribution is 5.78. The van der Waals surface area contributed by atoms with Crippen LogP contribution in [0.15, 0.2) is 10.6 Å². The van der Waals surface area contributed by atoms with Crippen LogP contribution in [0.2, 0.25) is 0 Å². The van der Waals surface area contributed by atoms with Crippen molar-refractivity contribution < 1.29 is 9.32 Å². The van der Waals surface area contributed by atoms with Crippen molar-refractivity contribution in [2.75, 3.05) is 26.2 Å². The highest BCUT2D eigenvalue weighted by Crippen LogP contribution is 2.05. The lowest BCUT2D eigenvalue weighted by molar-refractivity contribution is -0.130. The van der Waals surface area contributed by atoms with E-state index in [9.17, 15) is 4.79 Å². The topological polar surface area (TPSA) is 58.4 Å². The fourth-order valence-electron chi connectivity index (χ4n) is 1.86. The van der Waals surface area contributed by atoms with Crippen molar-refractivity contribution in [3.63, 3.8) is 0 Å². The largest absolute Gasteiger partial charge is 0.361 e. The van der Waals surface area contributed by atoms with E-state index in [-0.39, 0.29) is 5.91 Å². The van der Waals surface area contributed by atoms with Crippen LogP contribution in [0.4, 0.5) is 0 Å². The SMILES string of the molecule is Cc1cc(CC(=O)N2CCCNCC2)no1. The summed E-state index contributed by atoms with van der Waals surface area (Å²) in [5.74, 6) is 0.886. The molecule has 1 saturated heterocycles. The van der Waals surface area contributed by atoms with Gasteiger partial charge in [-0.05, 0) is 19.9 Å². The maximum absolute atomic E-state index is 11.9. The van der Waals surface area contributed by atoms with Crippen LogP contribution in [0.3, 0.4) is 0 Å². The highest BCUT2D eigenvalue weighted by Gasteiger charge is 2.16. The first-order valence-electron chi connectivity index (χ1n) is 5.66. The highest BCUT2D eigenvalue weighted by atomic mass is 16.5. The van der Waals surface area contributed by atoms with Crippen LogP contribution in [-0.4, -0.2) is 42.1 Å². The Morgan fingerprint density at radius 2 is 2.44 bits per heavy atom. The van der Waals surface area contributed by atoms with E-state index in [0.717, 1.165) is 44.1 Å². The van der Waals surface area contributed by atoms with Crippen LogP contribution in [0.1, 0.15) is 17.9 Å². The molecule has 1 N–H and O–H groups in total. The summed E-state index contributed by atoms with van der Waals surface area (Å²) in [6, 6.07) is 1.81. The van der Waals surface area contributed by atoms with Gasteiger partial charge >= 0.3 is 0 Å². The average molecular weight is 223 g/mol. The molecule has 88 valence electrons. The number of carbonyl (C=O) groups excluding carboxylic acids is 1. The van der Waals surface area contributed by atoms with Crippen molar-refractivity contribution in [2.45, 2.75) is 19.8 Å². The molecule has 0 unspecified atom stereocenters. The Balaban J connectivity index is 1.91. The molecule has 0 aliphatic carbocycles. The van der Waals surface area contributed by atoms with Gasteiger partial charge in [-0.1, -0.05) is 5.16 Å². The number of hydrogen-bond donors (Lipinski definition) is 1. The van der Waals surface area contributed by atoms with E-state index in [4.69, 9.17) is 4.52 Å². The van der Waals surface area contributed by atoms with Crippen LogP contribution < -0.4 is 5.32 Å². The van der Waals surface area contributed by atoms with E-state index in [0.29, 0.717) is 6.42 Å². The maximum atomic E-state index is 11.9. The van der Waals surface area contributed by atoms with Gasteiger partial charge < -0.3 is 14.7 Å². The first-order chi connectivity index (χ1) is 7.75. The smallest absolute Gasteiger partial charge is 0.228 e. The fourth-order valence-corrected chi connectivity index (χ4v) is 1.86. The summed E-state index contributed by atoms with van der Waals surface area (Å²) in [7, 11) is 0. The molecule has 1 aromatic heterocycles. The summed E-state index contributed by atoms with van der Waals surface area (Å²) in [5.41, 5.74) is 0.722. The summed E-state index contributed by atoms with van der Waals surface area (Å²) >= 11 is 0. The minimum absolute atomic E-state index is 0.136. The monoisotopic (exact) mass is 223 g/mol. The lowest BCUT2D eigenvalue weighted by atomic mass is 10.2. The van der Waals surface area contributed by atoms with Crippen molar-refractivity contribution >= 4 is 5.91 Å². The number of amides is 1. The van der Waals surface area contributed by atoms with Crippen LogP contribution in [-0.2, 0) is 11.2 Å². The Labute approximate surface area is 94.8 Å². The van der Waals surface area contributed by atoms with Crippen molar-refractivity contribution in [3.8, 4) is 0 Å². The summed E-state index contributed by atoms with van der Waals surface area (Å²) in [4.78, 5) is 13.8. The molecule has 5 nitrogen and oxygen atoms in total. The fraction of sp³-hybridized carbons (Fsp3) is 0.636. The second-order valence-corrected chi connectivity index (χ2v) is 4.09. The third kappa shape index (κ3) is 2.82. The van der Waals surface area contributed by atoms with Gasteiger partial charge in [0, 0.05) is 25.7 Å².